The molecule has 0 aromatic heterocycles. The molecule has 1 amide bonds. The lowest BCUT2D eigenvalue weighted by Crippen LogP contribution is -2.43. The molecule has 0 saturated heterocycles. The summed E-state index contributed by atoms with van der Waals surface area (Å²) < 4.78 is 13.5. The summed E-state index contributed by atoms with van der Waals surface area (Å²) in [6.45, 7) is 1.62. The Balaban J connectivity index is 3.09. The van der Waals surface area contributed by atoms with Crippen molar-refractivity contribution >= 4 is 23.1 Å². The van der Waals surface area contributed by atoms with Crippen molar-refractivity contribution in [3.63, 3.8) is 0 Å². The third kappa shape index (κ3) is 2.71. The average molecular weight is 256 g/mol. The zero-order valence-corrected chi connectivity index (χ0v) is 10.3. The molecular formula is C11H13FN2O2S. The summed E-state index contributed by atoms with van der Waals surface area (Å²) in [5, 5.41) is 9.48. The van der Waals surface area contributed by atoms with Gasteiger partial charge in [-0.15, -0.1) is 0 Å². The molecule has 0 aliphatic heterocycles. The van der Waals surface area contributed by atoms with E-state index >= 15 is 0 Å². The van der Waals surface area contributed by atoms with E-state index in [0.29, 0.717) is 0 Å². The second-order valence-electron chi connectivity index (χ2n) is 3.63. The van der Waals surface area contributed by atoms with Gasteiger partial charge in [0.1, 0.15) is 17.1 Å². The van der Waals surface area contributed by atoms with E-state index in [-0.39, 0.29) is 10.6 Å². The van der Waals surface area contributed by atoms with Gasteiger partial charge in [0.15, 0.2) is 0 Å². The van der Waals surface area contributed by atoms with Gasteiger partial charge in [0.2, 0.25) is 0 Å². The second-order valence-corrected chi connectivity index (χ2v) is 4.10. The molecule has 0 heterocycles. The predicted molar refractivity (Wildman–Crippen MR) is 66.4 cm³/mol. The van der Waals surface area contributed by atoms with Crippen LogP contribution in [-0.2, 0) is 0 Å². The number of nitrogens with two attached hydrogens (primary N) is 1. The number of nitrogens with zero attached hydrogens (tertiary/aromatic N) is 1. The molecule has 0 aliphatic rings. The molecule has 0 spiro atoms. The van der Waals surface area contributed by atoms with Gasteiger partial charge in [0, 0.05) is 7.05 Å². The van der Waals surface area contributed by atoms with Crippen LogP contribution < -0.4 is 5.73 Å². The minimum Gasteiger partial charge on any atom is -0.507 e. The monoisotopic (exact) mass is 256 g/mol. The molecule has 1 aromatic carbocycles. The van der Waals surface area contributed by atoms with E-state index in [0.717, 1.165) is 6.07 Å². The summed E-state index contributed by atoms with van der Waals surface area (Å²) >= 11 is 4.76. The molecule has 0 fully saturated rings. The Morgan fingerprint density at radius 2 is 2.18 bits per heavy atom. The topological polar surface area (TPSA) is 66.6 Å². The van der Waals surface area contributed by atoms with E-state index in [1.165, 1.54) is 24.1 Å². The van der Waals surface area contributed by atoms with Crippen LogP contribution in [0.15, 0.2) is 18.2 Å². The Hall–Kier alpha value is -1.69. The molecule has 0 bridgehead atoms. The van der Waals surface area contributed by atoms with Crippen molar-refractivity contribution in [3.05, 3.63) is 29.6 Å². The fraction of sp³-hybridized carbons (Fsp3) is 0.273. The number of rotatable bonds is 3. The van der Waals surface area contributed by atoms with Gasteiger partial charge in [-0.2, -0.15) is 0 Å². The van der Waals surface area contributed by atoms with E-state index in [1.807, 2.05) is 0 Å². The highest BCUT2D eigenvalue weighted by atomic mass is 32.1. The summed E-state index contributed by atoms with van der Waals surface area (Å²) in [6, 6.07) is 3.15. The highest BCUT2D eigenvalue weighted by Crippen LogP contribution is 2.21. The standard InChI is InChI=1S/C11H13FN2O2S/c1-6(10(13)17)14(2)11(16)9-7(12)4-3-5-8(9)15/h3-6,15H,1-2H3,(H2,13,17). The fourth-order valence-corrected chi connectivity index (χ4v) is 1.43. The highest BCUT2D eigenvalue weighted by molar-refractivity contribution is 7.80. The Bertz CT molecular complexity index is 445. The number of carbonyl (C=O) groups is 1. The number of likely N-dealkylation sites (N-methyl/N-ethyl adjacent to an activating group) is 1. The maximum atomic E-state index is 13.5. The number of aromatic hydroxyl groups is 1. The number of halogens is 1. The Morgan fingerprint density at radius 1 is 1.59 bits per heavy atom. The van der Waals surface area contributed by atoms with E-state index in [1.54, 1.807) is 6.92 Å². The predicted octanol–water partition coefficient (Wildman–Crippen LogP) is 1.28. The van der Waals surface area contributed by atoms with Crippen molar-refractivity contribution in [1.29, 1.82) is 0 Å². The first-order valence-electron chi connectivity index (χ1n) is 4.90. The lowest BCUT2D eigenvalue weighted by atomic mass is 10.1. The molecular weight excluding hydrogens is 243 g/mol. The summed E-state index contributed by atoms with van der Waals surface area (Å²) in [5.41, 5.74) is 5.03. The van der Waals surface area contributed by atoms with Crippen molar-refractivity contribution in [2.45, 2.75) is 13.0 Å². The minimum absolute atomic E-state index is 0.122. The zero-order chi connectivity index (χ0) is 13.2. The first kappa shape index (κ1) is 13.4. The van der Waals surface area contributed by atoms with Gasteiger partial charge in [-0.05, 0) is 19.1 Å². The number of phenolic OH excluding ortho intramolecular Hbond substituents is 1. The number of hydrogen-bond donors (Lipinski definition) is 2. The number of phenols is 1. The first-order valence-corrected chi connectivity index (χ1v) is 5.31. The lowest BCUT2D eigenvalue weighted by molar-refractivity contribution is 0.0771. The number of carbonyl (C=O) groups excluding carboxylic acids is 1. The Labute approximate surface area is 104 Å². The molecule has 1 unspecified atom stereocenters. The number of hydrogen-bond acceptors (Lipinski definition) is 3. The normalized spacial score (nSPS) is 11.9. The maximum Gasteiger partial charge on any atom is 0.260 e. The number of thiocarbonyl (C=S) groups is 1. The SMILES string of the molecule is CC(C(N)=S)N(C)C(=O)c1c(O)cccc1F. The first-order chi connectivity index (χ1) is 7.86. The summed E-state index contributed by atoms with van der Waals surface area (Å²) in [6.07, 6.45) is 0. The largest absolute Gasteiger partial charge is 0.507 e. The molecule has 17 heavy (non-hydrogen) atoms. The van der Waals surface area contributed by atoms with Crippen molar-refractivity contribution in [2.24, 2.45) is 5.73 Å². The minimum atomic E-state index is -0.781. The smallest absolute Gasteiger partial charge is 0.260 e. The van der Waals surface area contributed by atoms with Gasteiger partial charge in [-0.3, -0.25) is 4.79 Å². The molecule has 1 aromatic rings. The quantitative estimate of drug-likeness (QED) is 0.799. The van der Waals surface area contributed by atoms with Crippen LogP contribution in [0.3, 0.4) is 0 Å². The molecule has 0 radical (unpaired) electrons. The molecule has 0 aliphatic carbocycles. The number of benzene rings is 1. The third-order valence-corrected chi connectivity index (χ3v) is 2.86. The summed E-state index contributed by atoms with van der Waals surface area (Å²) in [4.78, 5) is 13.2. The van der Waals surface area contributed by atoms with Crippen LogP contribution in [0.1, 0.15) is 17.3 Å². The Morgan fingerprint density at radius 3 is 2.65 bits per heavy atom. The maximum absolute atomic E-state index is 13.5. The third-order valence-electron chi connectivity index (χ3n) is 2.52. The van der Waals surface area contributed by atoms with E-state index in [4.69, 9.17) is 18.0 Å². The van der Waals surface area contributed by atoms with Crippen LogP contribution in [0, 0.1) is 5.82 Å². The molecule has 1 rings (SSSR count). The molecule has 4 nitrogen and oxygen atoms in total. The van der Waals surface area contributed by atoms with Crippen LogP contribution >= 0.6 is 12.2 Å². The Kier molecular flexibility index (Phi) is 4.01. The van der Waals surface area contributed by atoms with Crippen LogP contribution in [0.2, 0.25) is 0 Å². The van der Waals surface area contributed by atoms with Gasteiger partial charge >= 0.3 is 0 Å². The van der Waals surface area contributed by atoms with Gasteiger partial charge in [-0.25, -0.2) is 4.39 Å². The zero-order valence-electron chi connectivity index (χ0n) is 9.48. The lowest BCUT2D eigenvalue weighted by Gasteiger charge is -2.24. The van der Waals surface area contributed by atoms with Crippen LogP contribution in [-0.4, -0.2) is 34.0 Å². The molecule has 1 atom stereocenters. The molecule has 3 N–H and O–H groups in total. The molecule has 92 valence electrons. The summed E-state index contributed by atoms with van der Waals surface area (Å²) in [7, 11) is 1.44. The van der Waals surface area contributed by atoms with Crippen LogP contribution in [0.4, 0.5) is 4.39 Å². The van der Waals surface area contributed by atoms with Gasteiger partial charge in [0.05, 0.1) is 11.0 Å². The summed E-state index contributed by atoms with van der Waals surface area (Å²) in [5.74, 6) is -1.85. The average Bonchev–Trinajstić information content (AvgIpc) is 2.26. The molecule has 6 heteroatoms. The van der Waals surface area contributed by atoms with Crippen LogP contribution in [0.5, 0.6) is 5.75 Å². The van der Waals surface area contributed by atoms with E-state index in [2.05, 4.69) is 0 Å². The van der Waals surface area contributed by atoms with Crippen molar-refractivity contribution in [1.82, 2.24) is 4.90 Å². The molecule has 0 saturated carbocycles. The van der Waals surface area contributed by atoms with Crippen LogP contribution in [0.25, 0.3) is 0 Å². The van der Waals surface area contributed by atoms with E-state index in [9.17, 15) is 14.3 Å². The van der Waals surface area contributed by atoms with Gasteiger partial charge < -0.3 is 15.7 Å². The highest BCUT2D eigenvalue weighted by Gasteiger charge is 2.24. The second kappa shape index (κ2) is 5.09. The number of amides is 1. The van der Waals surface area contributed by atoms with Gasteiger partial charge in [-0.1, -0.05) is 18.3 Å². The van der Waals surface area contributed by atoms with Crippen molar-refractivity contribution in [2.75, 3.05) is 7.05 Å². The van der Waals surface area contributed by atoms with E-state index < -0.39 is 23.5 Å². The van der Waals surface area contributed by atoms with Crippen molar-refractivity contribution in [3.8, 4) is 5.75 Å². The van der Waals surface area contributed by atoms with Gasteiger partial charge in [0.25, 0.3) is 5.91 Å². The fourth-order valence-electron chi connectivity index (χ4n) is 1.27. The van der Waals surface area contributed by atoms with Crippen molar-refractivity contribution < 1.29 is 14.3 Å².